The van der Waals surface area contributed by atoms with Crippen molar-refractivity contribution in [2.24, 2.45) is 0 Å². The molecule has 2 fully saturated rings. The number of benzene rings is 1. The Hall–Kier alpha value is -1.57. The number of carbonyl (C=O) groups is 2. The van der Waals surface area contributed by atoms with Crippen LogP contribution in [-0.2, 0) is 20.9 Å². The zero-order valence-corrected chi connectivity index (χ0v) is 15.1. The molecule has 2 N–H and O–H groups in total. The van der Waals surface area contributed by atoms with Crippen LogP contribution in [0.3, 0.4) is 0 Å². The molecule has 0 bridgehead atoms. The SMILES string of the molecule is CN1CCC2(CC1)SC(CC(=O)O)NC2C(=O)OCc1ccccc1. The Balaban J connectivity index is 1.69. The third-order valence-electron chi connectivity index (χ3n) is 4.91. The van der Waals surface area contributed by atoms with Crippen molar-refractivity contribution < 1.29 is 19.4 Å². The first kappa shape index (κ1) is 18.2. The number of nitrogens with zero attached hydrogens (tertiary/aromatic N) is 1. The van der Waals surface area contributed by atoms with Crippen molar-refractivity contribution in [3.05, 3.63) is 35.9 Å². The Morgan fingerprint density at radius 3 is 2.64 bits per heavy atom. The maximum Gasteiger partial charge on any atom is 0.324 e. The average Bonchev–Trinajstić information content (AvgIpc) is 2.94. The molecule has 7 heteroatoms. The van der Waals surface area contributed by atoms with Gasteiger partial charge in [0.1, 0.15) is 12.6 Å². The van der Waals surface area contributed by atoms with E-state index in [2.05, 4.69) is 17.3 Å². The minimum absolute atomic E-state index is 0.00468. The number of carboxylic acid groups (broad SMARTS) is 1. The van der Waals surface area contributed by atoms with Crippen molar-refractivity contribution in [3.8, 4) is 0 Å². The van der Waals surface area contributed by atoms with E-state index >= 15 is 0 Å². The van der Waals surface area contributed by atoms with Gasteiger partial charge in [-0.15, -0.1) is 11.8 Å². The van der Waals surface area contributed by atoms with Crippen molar-refractivity contribution in [1.29, 1.82) is 0 Å². The van der Waals surface area contributed by atoms with Gasteiger partial charge in [-0.05, 0) is 38.5 Å². The molecule has 1 aromatic carbocycles. The van der Waals surface area contributed by atoms with Gasteiger partial charge in [-0.1, -0.05) is 30.3 Å². The zero-order chi connectivity index (χ0) is 17.9. The summed E-state index contributed by atoms with van der Waals surface area (Å²) < 4.78 is 5.27. The summed E-state index contributed by atoms with van der Waals surface area (Å²) in [4.78, 5) is 26.1. The number of esters is 1. The molecule has 25 heavy (non-hydrogen) atoms. The lowest BCUT2D eigenvalue weighted by atomic mass is 9.88. The van der Waals surface area contributed by atoms with Gasteiger partial charge in [0.2, 0.25) is 0 Å². The highest BCUT2D eigenvalue weighted by atomic mass is 32.2. The number of hydrogen-bond acceptors (Lipinski definition) is 6. The number of hydrogen-bond donors (Lipinski definition) is 2. The summed E-state index contributed by atoms with van der Waals surface area (Å²) in [5.41, 5.74) is 0.945. The Morgan fingerprint density at radius 2 is 2.00 bits per heavy atom. The van der Waals surface area contributed by atoms with Gasteiger partial charge in [0, 0.05) is 4.75 Å². The second-order valence-electron chi connectivity index (χ2n) is 6.77. The number of aliphatic carboxylic acids is 1. The highest BCUT2D eigenvalue weighted by molar-refractivity contribution is 8.01. The number of rotatable bonds is 5. The lowest BCUT2D eigenvalue weighted by molar-refractivity contribution is -0.149. The number of thioether (sulfide) groups is 1. The van der Waals surface area contributed by atoms with Crippen LogP contribution >= 0.6 is 11.8 Å². The zero-order valence-electron chi connectivity index (χ0n) is 14.3. The highest BCUT2D eigenvalue weighted by Gasteiger charge is 2.53. The van der Waals surface area contributed by atoms with E-state index in [1.54, 1.807) is 11.8 Å². The van der Waals surface area contributed by atoms with Crippen molar-refractivity contribution in [2.45, 2.75) is 42.0 Å². The van der Waals surface area contributed by atoms with E-state index in [0.29, 0.717) is 0 Å². The first-order chi connectivity index (χ1) is 12.0. The van der Waals surface area contributed by atoms with E-state index in [-0.39, 0.29) is 29.1 Å². The van der Waals surface area contributed by atoms with E-state index < -0.39 is 12.0 Å². The molecule has 6 nitrogen and oxygen atoms in total. The molecule has 2 saturated heterocycles. The molecule has 1 spiro atoms. The molecule has 0 radical (unpaired) electrons. The van der Waals surface area contributed by atoms with Gasteiger partial charge >= 0.3 is 11.9 Å². The third kappa shape index (κ3) is 4.34. The summed E-state index contributed by atoms with van der Waals surface area (Å²) in [6, 6.07) is 9.12. The summed E-state index contributed by atoms with van der Waals surface area (Å²) in [5.74, 6) is -1.14. The fraction of sp³-hybridized carbons (Fsp3) is 0.556. The van der Waals surface area contributed by atoms with Crippen LogP contribution in [0.1, 0.15) is 24.8 Å². The van der Waals surface area contributed by atoms with E-state index in [0.717, 1.165) is 31.5 Å². The molecule has 0 aliphatic carbocycles. The molecule has 2 unspecified atom stereocenters. The van der Waals surface area contributed by atoms with Crippen LogP contribution in [0.25, 0.3) is 0 Å². The van der Waals surface area contributed by atoms with Gasteiger partial charge in [0.25, 0.3) is 0 Å². The second kappa shape index (κ2) is 7.76. The molecule has 2 aliphatic rings. The van der Waals surface area contributed by atoms with Crippen LogP contribution in [0.4, 0.5) is 0 Å². The summed E-state index contributed by atoms with van der Waals surface area (Å²) >= 11 is 1.60. The van der Waals surface area contributed by atoms with E-state index in [1.807, 2.05) is 30.3 Å². The van der Waals surface area contributed by atoms with E-state index in [9.17, 15) is 9.59 Å². The number of carboxylic acids is 1. The van der Waals surface area contributed by atoms with Crippen LogP contribution in [0.5, 0.6) is 0 Å². The first-order valence-electron chi connectivity index (χ1n) is 8.53. The highest BCUT2D eigenvalue weighted by Crippen LogP contribution is 2.47. The lowest BCUT2D eigenvalue weighted by Crippen LogP contribution is -2.53. The minimum Gasteiger partial charge on any atom is -0.481 e. The maximum absolute atomic E-state index is 12.7. The molecule has 2 aliphatic heterocycles. The minimum atomic E-state index is -0.855. The number of carbonyl (C=O) groups excluding carboxylic acids is 1. The van der Waals surface area contributed by atoms with E-state index in [1.165, 1.54) is 0 Å². The van der Waals surface area contributed by atoms with Crippen LogP contribution in [0.2, 0.25) is 0 Å². The Morgan fingerprint density at radius 1 is 1.32 bits per heavy atom. The average molecular weight is 364 g/mol. The Bertz CT molecular complexity index is 617. The molecule has 136 valence electrons. The fourth-order valence-corrected chi connectivity index (χ4v) is 5.20. The quantitative estimate of drug-likeness (QED) is 0.770. The van der Waals surface area contributed by atoms with Gasteiger partial charge < -0.3 is 14.7 Å². The molecule has 0 saturated carbocycles. The number of piperidine rings is 1. The van der Waals surface area contributed by atoms with Crippen LogP contribution in [0, 0.1) is 0 Å². The standard InChI is InChI=1S/C18H24N2O4S/c1-20-9-7-18(8-10-20)16(19-14(25-18)11-15(21)22)17(23)24-12-13-5-3-2-4-6-13/h2-6,14,16,19H,7-12H2,1H3,(H,21,22). The predicted octanol–water partition coefficient (Wildman–Crippen LogP) is 1.70. The van der Waals surface area contributed by atoms with Crippen molar-refractivity contribution in [1.82, 2.24) is 10.2 Å². The van der Waals surface area contributed by atoms with Crippen molar-refractivity contribution in [3.63, 3.8) is 0 Å². The molecule has 0 aromatic heterocycles. The van der Waals surface area contributed by atoms with Gasteiger partial charge in [-0.3, -0.25) is 14.9 Å². The van der Waals surface area contributed by atoms with Gasteiger partial charge in [0.05, 0.1) is 11.8 Å². The number of nitrogens with one attached hydrogen (secondary N) is 1. The first-order valence-corrected chi connectivity index (χ1v) is 9.41. The third-order valence-corrected chi connectivity index (χ3v) is 6.61. The largest absolute Gasteiger partial charge is 0.481 e. The summed E-state index contributed by atoms with van der Waals surface area (Å²) in [5, 5.41) is 12.1. The Labute approximate surface area is 151 Å². The molecular weight excluding hydrogens is 340 g/mol. The molecule has 2 atom stereocenters. The fourth-order valence-electron chi connectivity index (χ4n) is 3.48. The van der Waals surface area contributed by atoms with Gasteiger partial charge in [-0.2, -0.15) is 0 Å². The molecule has 3 rings (SSSR count). The molecular formula is C18H24N2O4S. The second-order valence-corrected chi connectivity index (χ2v) is 8.38. The molecule has 2 heterocycles. The van der Waals surface area contributed by atoms with Gasteiger partial charge in [-0.25, -0.2) is 0 Å². The van der Waals surface area contributed by atoms with Gasteiger partial charge in [0.15, 0.2) is 0 Å². The Kier molecular flexibility index (Phi) is 5.66. The van der Waals surface area contributed by atoms with Crippen molar-refractivity contribution in [2.75, 3.05) is 20.1 Å². The van der Waals surface area contributed by atoms with Crippen molar-refractivity contribution >= 4 is 23.7 Å². The molecule has 0 amide bonds. The van der Waals surface area contributed by atoms with E-state index in [4.69, 9.17) is 9.84 Å². The number of ether oxygens (including phenoxy) is 1. The van der Waals surface area contributed by atoms with Crippen LogP contribution in [0.15, 0.2) is 30.3 Å². The van der Waals surface area contributed by atoms with Crippen LogP contribution in [-0.4, -0.2) is 58.2 Å². The smallest absolute Gasteiger partial charge is 0.324 e. The summed E-state index contributed by atoms with van der Waals surface area (Å²) in [6.45, 7) is 2.04. The monoisotopic (exact) mass is 364 g/mol. The normalized spacial score (nSPS) is 25.8. The predicted molar refractivity (Wildman–Crippen MR) is 96.3 cm³/mol. The van der Waals surface area contributed by atoms with Crippen LogP contribution < -0.4 is 5.32 Å². The molecule has 1 aromatic rings. The summed E-state index contributed by atoms with van der Waals surface area (Å²) in [7, 11) is 2.07. The number of likely N-dealkylation sites (tertiary alicyclic amines) is 1. The maximum atomic E-state index is 12.7. The lowest BCUT2D eigenvalue weighted by Gasteiger charge is -2.39. The topological polar surface area (TPSA) is 78.9 Å². The summed E-state index contributed by atoms with van der Waals surface area (Å²) in [6.07, 6.45) is 1.70.